The maximum Gasteiger partial charge on any atom is 0.272 e. The maximum atomic E-state index is 14.9. The van der Waals surface area contributed by atoms with E-state index in [0.717, 1.165) is 0 Å². The molecule has 0 aromatic heterocycles. The molecule has 0 spiro atoms. The number of aliphatic imine (C=N–C) groups is 1. The molecule has 9 heteroatoms. The van der Waals surface area contributed by atoms with Crippen molar-refractivity contribution in [1.29, 1.82) is 0 Å². The van der Waals surface area contributed by atoms with Gasteiger partial charge in [0.05, 0.1) is 23.2 Å². The Kier molecular flexibility index (Phi) is 8.63. The number of allylic oxidation sites excluding steroid dienone is 1. The second-order valence-electron chi connectivity index (χ2n) is 9.20. The fourth-order valence-corrected chi connectivity index (χ4v) is 4.54. The number of carbonyl (C=O) groups excluding carboxylic acids is 3. The van der Waals surface area contributed by atoms with Gasteiger partial charge < -0.3 is 16.0 Å². The molecule has 3 unspecified atom stereocenters. The molecule has 0 saturated carbocycles. The number of nitrogens with one attached hydrogen (secondary N) is 1. The normalized spacial score (nSPS) is 17.1. The monoisotopic (exact) mass is 512 g/mol. The molecule has 7 nitrogen and oxygen atoms in total. The van der Waals surface area contributed by atoms with Gasteiger partial charge in [-0.05, 0) is 49.1 Å². The molecule has 2 aromatic carbocycles. The molecular formula is C27H30ClFN4O3. The van der Waals surface area contributed by atoms with Crippen LogP contribution in [0.2, 0.25) is 5.02 Å². The van der Waals surface area contributed by atoms with Gasteiger partial charge in [-0.2, -0.15) is 0 Å². The van der Waals surface area contributed by atoms with Crippen LogP contribution in [0.25, 0.3) is 0 Å². The molecule has 1 heterocycles. The second-order valence-corrected chi connectivity index (χ2v) is 9.63. The summed E-state index contributed by atoms with van der Waals surface area (Å²) in [5.41, 5.74) is 6.84. The Hall–Kier alpha value is -3.52. The van der Waals surface area contributed by atoms with E-state index in [1.54, 1.807) is 43.4 Å². The Morgan fingerprint density at radius 2 is 1.92 bits per heavy atom. The summed E-state index contributed by atoms with van der Waals surface area (Å²) in [5, 5.41) is 3.07. The lowest BCUT2D eigenvalue weighted by atomic mass is 9.82. The van der Waals surface area contributed by atoms with Gasteiger partial charge in [-0.1, -0.05) is 43.7 Å². The first-order valence-electron chi connectivity index (χ1n) is 11.7. The molecule has 0 bridgehead atoms. The zero-order valence-electron chi connectivity index (χ0n) is 20.5. The Morgan fingerprint density at radius 3 is 2.53 bits per heavy atom. The van der Waals surface area contributed by atoms with Crippen LogP contribution >= 0.6 is 11.6 Å². The third-order valence-electron chi connectivity index (χ3n) is 6.14. The highest BCUT2D eigenvalue weighted by Gasteiger charge is 2.37. The summed E-state index contributed by atoms with van der Waals surface area (Å²) < 4.78 is 14.9. The number of hydrogen-bond donors (Lipinski definition) is 2. The molecular weight excluding hydrogens is 483 g/mol. The largest absolute Gasteiger partial charge is 0.369 e. The number of anilines is 1. The van der Waals surface area contributed by atoms with E-state index in [4.69, 9.17) is 17.3 Å². The van der Waals surface area contributed by atoms with Gasteiger partial charge in [0.15, 0.2) is 0 Å². The highest BCUT2D eigenvalue weighted by Crippen LogP contribution is 2.31. The van der Waals surface area contributed by atoms with Crippen LogP contribution < -0.4 is 16.0 Å². The number of nitrogens with two attached hydrogens (primary N) is 1. The first-order chi connectivity index (χ1) is 17.0. The van der Waals surface area contributed by atoms with Crippen LogP contribution in [0.4, 0.5) is 10.1 Å². The molecule has 0 radical (unpaired) electrons. The molecule has 3 N–H and O–H groups in total. The van der Waals surface area contributed by atoms with Gasteiger partial charge in [-0.15, -0.1) is 6.58 Å². The number of benzodiazepines with no additional fused rings is 1. The van der Waals surface area contributed by atoms with Crippen molar-refractivity contribution in [2.45, 2.75) is 32.9 Å². The summed E-state index contributed by atoms with van der Waals surface area (Å²) in [6.45, 7) is 7.51. The van der Waals surface area contributed by atoms with Crippen molar-refractivity contribution >= 4 is 40.7 Å². The molecule has 0 saturated heterocycles. The summed E-state index contributed by atoms with van der Waals surface area (Å²) in [7, 11) is 1.55. The standard InChI is InChI=1S/C27H30ClFN4O3/c1-5-8-17(24(30)34)19(13-15(2)3)26(35)32-25-27(36)33(4)22-12-11-16(28)14-20(22)23(31-25)18-9-6-7-10-21(18)29/h5-7,9-12,14-15,17,19,25H,1,8,13H2,2-4H3,(H2,30,34)(H,32,35). The Bertz CT molecular complexity index is 1210. The fraction of sp³-hybridized carbons (Fsp3) is 0.333. The van der Waals surface area contributed by atoms with Gasteiger partial charge in [0.2, 0.25) is 18.0 Å². The van der Waals surface area contributed by atoms with Crippen LogP contribution in [0.15, 0.2) is 60.1 Å². The highest BCUT2D eigenvalue weighted by molar-refractivity contribution is 6.32. The van der Waals surface area contributed by atoms with E-state index in [1.165, 1.54) is 17.0 Å². The summed E-state index contributed by atoms with van der Waals surface area (Å²) in [4.78, 5) is 45.0. The Balaban J connectivity index is 2.10. The number of fused-ring (bicyclic) bond motifs is 1. The summed E-state index contributed by atoms with van der Waals surface area (Å²) in [6, 6.07) is 10.9. The van der Waals surface area contributed by atoms with Crippen molar-refractivity contribution in [3.8, 4) is 0 Å². The van der Waals surface area contributed by atoms with Gasteiger partial charge >= 0.3 is 0 Å². The Labute approximate surface area is 215 Å². The first kappa shape index (κ1) is 27.1. The molecule has 1 aliphatic heterocycles. The fourth-order valence-electron chi connectivity index (χ4n) is 4.37. The molecule has 3 atom stereocenters. The molecule has 1 aliphatic rings. The molecule has 190 valence electrons. The van der Waals surface area contributed by atoms with E-state index in [2.05, 4.69) is 16.9 Å². The summed E-state index contributed by atoms with van der Waals surface area (Å²) in [5.74, 6) is -3.76. The minimum atomic E-state index is -1.37. The number of amides is 3. The Morgan fingerprint density at radius 1 is 1.22 bits per heavy atom. The lowest BCUT2D eigenvalue weighted by Crippen LogP contribution is -2.50. The van der Waals surface area contributed by atoms with Crippen molar-refractivity contribution in [1.82, 2.24) is 5.32 Å². The van der Waals surface area contributed by atoms with Crippen LogP contribution in [-0.2, 0) is 14.4 Å². The van der Waals surface area contributed by atoms with Crippen LogP contribution in [0.3, 0.4) is 0 Å². The number of rotatable bonds is 9. The SMILES string of the molecule is C=CCC(C(N)=O)C(CC(C)C)C(=O)NC1N=C(c2ccccc2F)c2cc(Cl)ccc2N(C)C1=O. The van der Waals surface area contributed by atoms with Crippen LogP contribution in [0, 0.1) is 23.6 Å². The van der Waals surface area contributed by atoms with Gasteiger partial charge in [-0.25, -0.2) is 9.38 Å². The van der Waals surface area contributed by atoms with E-state index in [1.807, 2.05) is 13.8 Å². The number of hydrogen-bond acceptors (Lipinski definition) is 4. The van der Waals surface area contributed by atoms with Crippen molar-refractivity contribution in [3.05, 3.63) is 77.1 Å². The number of halogens is 2. The van der Waals surface area contributed by atoms with Gasteiger partial charge in [0, 0.05) is 23.2 Å². The highest BCUT2D eigenvalue weighted by atomic mass is 35.5. The quantitative estimate of drug-likeness (QED) is 0.495. The lowest BCUT2D eigenvalue weighted by Gasteiger charge is -2.27. The molecule has 36 heavy (non-hydrogen) atoms. The topological polar surface area (TPSA) is 105 Å². The van der Waals surface area contributed by atoms with E-state index in [0.29, 0.717) is 22.7 Å². The minimum Gasteiger partial charge on any atom is -0.369 e. The minimum absolute atomic E-state index is 0.0730. The van der Waals surface area contributed by atoms with Gasteiger partial charge in [-0.3, -0.25) is 14.4 Å². The predicted octanol–water partition coefficient (Wildman–Crippen LogP) is 4.08. The van der Waals surface area contributed by atoms with Crippen molar-refractivity contribution in [2.75, 3.05) is 11.9 Å². The van der Waals surface area contributed by atoms with E-state index >= 15 is 0 Å². The summed E-state index contributed by atoms with van der Waals surface area (Å²) >= 11 is 6.24. The van der Waals surface area contributed by atoms with Crippen LogP contribution in [0.5, 0.6) is 0 Å². The predicted molar refractivity (Wildman–Crippen MR) is 139 cm³/mol. The zero-order valence-corrected chi connectivity index (χ0v) is 21.3. The number of likely N-dealkylation sites (N-methyl/N-ethyl adjacent to an activating group) is 1. The molecule has 3 amide bonds. The van der Waals surface area contributed by atoms with Crippen molar-refractivity contribution in [3.63, 3.8) is 0 Å². The molecule has 3 rings (SSSR count). The third kappa shape index (κ3) is 5.82. The van der Waals surface area contributed by atoms with Crippen molar-refractivity contribution in [2.24, 2.45) is 28.5 Å². The maximum absolute atomic E-state index is 14.9. The zero-order chi connectivity index (χ0) is 26.6. The average molecular weight is 513 g/mol. The van der Waals surface area contributed by atoms with E-state index < -0.39 is 41.5 Å². The second kappa shape index (κ2) is 11.5. The molecule has 0 fully saturated rings. The number of primary amides is 1. The number of nitrogens with zero attached hydrogens (tertiary/aromatic N) is 2. The first-order valence-corrected chi connectivity index (χ1v) is 12.0. The smallest absolute Gasteiger partial charge is 0.272 e. The third-order valence-corrected chi connectivity index (χ3v) is 6.37. The summed E-state index contributed by atoms with van der Waals surface area (Å²) in [6.07, 6.45) is 0.751. The van der Waals surface area contributed by atoms with Gasteiger partial charge in [0.25, 0.3) is 5.91 Å². The van der Waals surface area contributed by atoms with Crippen LogP contribution in [-0.4, -0.2) is 36.6 Å². The van der Waals surface area contributed by atoms with Crippen LogP contribution in [0.1, 0.15) is 37.8 Å². The number of carbonyl (C=O) groups is 3. The van der Waals surface area contributed by atoms with E-state index in [9.17, 15) is 18.8 Å². The van der Waals surface area contributed by atoms with Crippen molar-refractivity contribution < 1.29 is 18.8 Å². The molecule has 2 aromatic rings. The lowest BCUT2D eigenvalue weighted by molar-refractivity contribution is -0.135. The molecule has 0 aliphatic carbocycles. The van der Waals surface area contributed by atoms with Gasteiger partial charge in [0.1, 0.15) is 5.82 Å². The number of benzene rings is 2. The average Bonchev–Trinajstić information content (AvgIpc) is 2.91. The van der Waals surface area contributed by atoms with E-state index in [-0.39, 0.29) is 23.6 Å².